The number of piperidine rings is 1. The third-order valence-electron chi connectivity index (χ3n) is 5.53. The molecule has 0 radical (unpaired) electrons. The minimum Gasteiger partial charge on any atom is -0.390 e. The van der Waals surface area contributed by atoms with Crippen molar-refractivity contribution in [3.05, 3.63) is 29.8 Å². The molecule has 1 aromatic carbocycles. The Bertz CT molecular complexity index is 746. The molecule has 25 heavy (non-hydrogen) atoms. The molecule has 2 atom stereocenters. The van der Waals surface area contributed by atoms with Gasteiger partial charge in [-0.25, -0.2) is 8.42 Å². The van der Waals surface area contributed by atoms with Crippen LogP contribution < -0.4 is 4.90 Å². The number of hydrogen-bond acceptors (Lipinski definition) is 5. The van der Waals surface area contributed by atoms with Crippen molar-refractivity contribution >= 4 is 21.4 Å². The molecule has 0 bridgehead atoms. The van der Waals surface area contributed by atoms with Gasteiger partial charge in [-0.1, -0.05) is 13.0 Å². The third-order valence-corrected chi connectivity index (χ3v) is 7.14. The Morgan fingerprint density at radius 3 is 2.56 bits per heavy atom. The van der Waals surface area contributed by atoms with Crippen molar-refractivity contribution < 1.29 is 18.3 Å². The SMILES string of the molecule is C[C@H]1CN(C(=O)c2cccc(N3CCS(=O)(=O)CC3)c2)CC[C@@]1(C)O. The first-order chi connectivity index (χ1) is 11.7. The lowest BCUT2D eigenvalue weighted by atomic mass is 9.84. The smallest absolute Gasteiger partial charge is 0.253 e. The lowest BCUT2D eigenvalue weighted by Crippen LogP contribution is -2.50. The van der Waals surface area contributed by atoms with Crippen LogP contribution in [0.4, 0.5) is 5.69 Å². The summed E-state index contributed by atoms with van der Waals surface area (Å²) < 4.78 is 23.2. The highest BCUT2D eigenvalue weighted by atomic mass is 32.2. The standard InChI is InChI=1S/C18H26N2O4S/c1-14-13-20(7-6-18(14,2)22)17(21)15-4-3-5-16(12-15)19-8-10-25(23,24)11-9-19/h3-5,12,14,22H,6-11,13H2,1-2H3/t14-,18+/m0/s1. The number of rotatable bonds is 2. The van der Waals surface area contributed by atoms with Gasteiger partial charge in [-0.2, -0.15) is 0 Å². The maximum Gasteiger partial charge on any atom is 0.253 e. The molecule has 2 saturated heterocycles. The zero-order valence-corrected chi connectivity index (χ0v) is 15.6. The van der Waals surface area contributed by atoms with Gasteiger partial charge in [-0.3, -0.25) is 4.79 Å². The number of aliphatic hydroxyl groups is 1. The van der Waals surface area contributed by atoms with Gasteiger partial charge in [-0.05, 0) is 31.5 Å². The van der Waals surface area contributed by atoms with E-state index in [1.54, 1.807) is 11.0 Å². The molecule has 1 aromatic rings. The molecule has 2 heterocycles. The zero-order valence-electron chi connectivity index (χ0n) is 14.8. The Morgan fingerprint density at radius 2 is 1.92 bits per heavy atom. The highest BCUT2D eigenvalue weighted by Crippen LogP contribution is 2.28. The first-order valence-corrected chi connectivity index (χ1v) is 10.6. The van der Waals surface area contributed by atoms with Crippen LogP contribution in [-0.2, 0) is 9.84 Å². The Labute approximate surface area is 149 Å². The van der Waals surface area contributed by atoms with Crippen molar-refractivity contribution in [2.75, 3.05) is 42.6 Å². The second-order valence-electron chi connectivity index (χ2n) is 7.45. The van der Waals surface area contributed by atoms with Crippen LogP contribution in [0.5, 0.6) is 0 Å². The number of likely N-dealkylation sites (tertiary alicyclic amines) is 1. The van der Waals surface area contributed by atoms with Crippen LogP contribution in [0.25, 0.3) is 0 Å². The quantitative estimate of drug-likeness (QED) is 0.850. The molecule has 3 rings (SSSR count). The average molecular weight is 366 g/mol. The number of benzene rings is 1. The number of anilines is 1. The molecule has 1 amide bonds. The summed E-state index contributed by atoms with van der Waals surface area (Å²) in [6.45, 7) is 5.79. The molecule has 0 unspecified atom stereocenters. The maximum absolute atomic E-state index is 12.8. The molecular formula is C18H26N2O4S. The van der Waals surface area contributed by atoms with Gasteiger partial charge >= 0.3 is 0 Å². The monoisotopic (exact) mass is 366 g/mol. The van der Waals surface area contributed by atoms with Gasteiger partial charge < -0.3 is 14.9 Å². The summed E-state index contributed by atoms with van der Waals surface area (Å²) in [5.41, 5.74) is 0.773. The van der Waals surface area contributed by atoms with E-state index >= 15 is 0 Å². The Morgan fingerprint density at radius 1 is 1.24 bits per heavy atom. The van der Waals surface area contributed by atoms with Crippen molar-refractivity contribution in [2.24, 2.45) is 5.92 Å². The number of sulfone groups is 1. The molecule has 2 aliphatic heterocycles. The van der Waals surface area contributed by atoms with E-state index in [0.717, 1.165) is 5.69 Å². The van der Waals surface area contributed by atoms with E-state index in [2.05, 4.69) is 0 Å². The second-order valence-corrected chi connectivity index (χ2v) is 9.75. The summed E-state index contributed by atoms with van der Waals surface area (Å²) in [4.78, 5) is 16.6. The Kier molecular flexibility index (Phi) is 4.81. The van der Waals surface area contributed by atoms with Crippen LogP contribution >= 0.6 is 0 Å². The van der Waals surface area contributed by atoms with Crippen LogP contribution in [-0.4, -0.2) is 67.6 Å². The van der Waals surface area contributed by atoms with E-state index < -0.39 is 15.4 Å². The van der Waals surface area contributed by atoms with Crippen LogP contribution in [0.15, 0.2) is 24.3 Å². The van der Waals surface area contributed by atoms with Gasteiger partial charge in [-0.15, -0.1) is 0 Å². The topological polar surface area (TPSA) is 77.9 Å². The molecule has 0 aromatic heterocycles. The van der Waals surface area contributed by atoms with E-state index in [1.807, 2.05) is 36.9 Å². The van der Waals surface area contributed by atoms with Gasteiger partial charge in [0, 0.05) is 43.3 Å². The lowest BCUT2D eigenvalue weighted by Gasteiger charge is -2.41. The predicted octanol–water partition coefficient (Wildman–Crippen LogP) is 1.15. The van der Waals surface area contributed by atoms with Crippen LogP contribution in [0, 0.1) is 5.92 Å². The Hall–Kier alpha value is -1.60. The lowest BCUT2D eigenvalue weighted by molar-refractivity contribution is -0.0439. The third kappa shape index (κ3) is 3.98. The molecule has 6 nitrogen and oxygen atoms in total. The van der Waals surface area contributed by atoms with Crippen molar-refractivity contribution in [3.8, 4) is 0 Å². The number of nitrogens with zero attached hydrogens (tertiary/aromatic N) is 2. The van der Waals surface area contributed by atoms with Crippen LogP contribution in [0.2, 0.25) is 0 Å². The van der Waals surface area contributed by atoms with Gasteiger partial charge in [0.25, 0.3) is 5.91 Å². The highest BCUT2D eigenvalue weighted by molar-refractivity contribution is 7.91. The van der Waals surface area contributed by atoms with Gasteiger partial charge in [0.15, 0.2) is 9.84 Å². The predicted molar refractivity (Wildman–Crippen MR) is 97.6 cm³/mol. The number of amides is 1. The molecule has 2 aliphatic rings. The molecule has 0 spiro atoms. The van der Waals surface area contributed by atoms with E-state index in [1.165, 1.54) is 0 Å². The van der Waals surface area contributed by atoms with Crippen LogP contribution in [0.3, 0.4) is 0 Å². The second kappa shape index (κ2) is 6.61. The van der Waals surface area contributed by atoms with Gasteiger partial charge in [0.1, 0.15) is 0 Å². The number of carbonyl (C=O) groups is 1. The minimum atomic E-state index is -2.92. The fourth-order valence-corrected chi connectivity index (χ4v) is 4.60. The van der Waals surface area contributed by atoms with E-state index in [4.69, 9.17) is 0 Å². The summed E-state index contributed by atoms with van der Waals surface area (Å²) >= 11 is 0. The van der Waals surface area contributed by atoms with Crippen molar-refractivity contribution in [3.63, 3.8) is 0 Å². The first-order valence-electron chi connectivity index (χ1n) is 8.75. The normalized spacial score (nSPS) is 29.5. The molecule has 0 saturated carbocycles. The molecule has 138 valence electrons. The first kappa shape index (κ1) is 18.2. The summed E-state index contributed by atoms with van der Waals surface area (Å²) in [6.07, 6.45) is 0.573. The fraction of sp³-hybridized carbons (Fsp3) is 0.611. The zero-order chi connectivity index (χ0) is 18.2. The Balaban J connectivity index is 1.72. The highest BCUT2D eigenvalue weighted by Gasteiger charge is 2.36. The van der Waals surface area contributed by atoms with E-state index in [0.29, 0.717) is 38.2 Å². The minimum absolute atomic E-state index is 0.0284. The fourth-order valence-electron chi connectivity index (χ4n) is 3.40. The van der Waals surface area contributed by atoms with E-state index in [-0.39, 0.29) is 23.3 Å². The average Bonchev–Trinajstić information content (AvgIpc) is 2.57. The maximum atomic E-state index is 12.8. The number of hydrogen-bond donors (Lipinski definition) is 1. The van der Waals surface area contributed by atoms with Crippen molar-refractivity contribution in [1.29, 1.82) is 0 Å². The van der Waals surface area contributed by atoms with Gasteiger partial charge in [0.2, 0.25) is 0 Å². The summed E-state index contributed by atoms with van der Waals surface area (Å²) in [7, 11) is -2.92. The van der Waals surface area contributed by atoms with Crippen molar-refractivity contribution in [1.82, 2.24) is 4.90 Å². The number of carbonyl (C=O) groups excluding carboxylic acids is 1. The molecule has 1 N–H and O–H groups in total. The summed E-state index contributed by atoms with van der Waals surface area (Å²) in [5, 5.41) is 10.3. The van der Waals surface area contributed by atoms with E-state index in [9.17, 15) is 18.3 Å². The van der Waals surface area contributed by atoms with Gasteiger partial charge in [0.05, 0.1) is 17.1 Å². The molecule has 7 heteroatoms. The molecule has 0 aliphatic carbocycles. The van der Waals surface area contributed by atoms with Crippen LogP contribution in [0.1, 0.15) is 30.6 Å². The largest absolute Gasteiger partial charge is 0.390 e. The summed E-state index contributed by atoms with van der Waals surface area (Å²) in [6, 6.07) is 7.40. The molecule has 2 fully saturated rings. The van der Waals surface area contributed by atoms with Crippen molar-refractivity contribution in [2.45, 2.75) is 25.9 Å². The summed E-state index contributed by atoms with van der Waals surface area (Å²) in [5.74, 6) is 0.308. The molecular weight excluding hydrogens is 340 g/mol.